The van der Waals surface area contributed by atoms with Gasteiger partial charge in [-0.05, 0) is 69.1 Å². The summed E-state index contributed by atoms with van der Waals surface area (Å²) in [4.78, 5) is 19.7. The molecule has 1 amide bonds. The highest BCUT2D eigenvalue weighted by Gasteiger charge is 2.27. The molecule has 2 aromatic rings. The van der Waals surface area contributed by atoms with Crippen LogP contribution in [0.5, 0.6) is 0 Å². The van der Waals surface area contributed by atoms with Crippen molar-refractivity contribution in [2.45, 2.75) is 39.7 Å². The molecule has 4 heteroatoms. The number of aryl methyl sites for hydroxylation is 2. The fourth-order valence-corrected chi connectivity index (χ4v) is 3.73. The van der Waals surface area contributed by atoms with Gasteiger partial charge in [0.1, 0.15) is 0 Å². The Morgan fingerprint density at radius 3 is 2.69 bits per heavy atom. The third-order valence-corrected chi connectivity index (χ3v) is 5.46. The van der Waals surface area contributed by atoms with E-state index >= 15 is 0 Å². The number of piperidine rings is 1. The van der Waals surface area contributed by atoms with Gasteiger partial charge in [0.25, 0.3) is 0 Å². The minimum absolute atomic E-state index is 0.0992. The smallest absolute Gasteiger partial charge is 0.223 e. The molecule has 4 nitrogen and oxygen atoms in total. The summed E-state index contributed by atoms with van der Waals surface area (Å²) in [6.07, 6.45) is 5.50. The highest BCUT2D eigenvalue weighted by atomic mass is 16.1. The van der Waals surface area contributed by atoms with Gasteiger partial charge in [0, 0.05) is 18.3 Å². The van der Waals surface area contributed by atoms with Gasteiger partial charge in [-0.3, -0.25) is 9.78 Å². The Morgan fingerprint density at radius 2 is 2.04 bits per heavy atom. The van der Waals surface area contributed by atoms with Gasteiger partial charge in [-0.1, -0.05) is 36.8 Å². The van der Waals surface area contributed by atoms with E-state index in [1.165, 1.54) is 11.1 Å². The van der Waals surface area contributed by atoms with Gasteiger partial charge >= 0.3 is 0 Å². The monoisotopic (exact) mass is 351 g/mol. The van der Waals surface area contributed by atoms with Crippen molar-refractivity contribution >= 4 is 5.91 Å². The predicted octanol–water partition coefficient (Wildman–Crippen LogP) is 3.64. The maximum Gasteiger partial charge on any atom is 0.223 e. The lowest BCUT2D eigenvalue weighted by Crippen LogP contribution is -2.41. The summed E-state index contributed by atoms with van der Waals surface area (Å²) in [5, 5.41) is 3.32. The molecule has 1 aliphatic heterocycles. The van der Waals surface area contributed by atoms with Crippen molar-refractivity contribution < 1.29 is 4.79 Å². The van der Waals surface area contributed by atoms with Gasteiger partial charge in [0.2, 0.25) is 5.91 Å². The lowest BCUT2D eigenvalue weighted by Gasteiger charge is -2.31. The van der Waals surface area contributed by atoms with Gasteiger partial charge < -0.3 is 10.2 Å². The quantitative estimate of drug-likeness (QED) is 0.894. The maximum absolute atomic E-state index is 13.0. The topological polar surface area (TPSA) is 45.2 Å². The predicted molar refractivity (Wildman–Crippen MR) is 105 cm³/mol. The maximum atomic E-state index is 13.0. The van der Waals surface area contributed by atoms with Crippen molar-refractivity contribution in [2.24, 2.45) is 5.92 Å². The minimum atomic E-state index is -0.152. The molecule has 26 heavy (non-hydrogen) atoms. The van der Waals surface area contributed by atoms with Crippen LogP contribution in [0.1, 0.15) is 48.1 Å². The van der Waals surface area contributed by atoms with Crippen molar-refractivity contribution in [3.63, 3.8) is 0 Å². The number of nitrogens with zero attached hydrogens (tertiary/aromatic N) is 2. The first kappa shape index (κ1) is 18.6. The summed E-state index contributed by atoms with van der Waals surface area (Å²) in [6, 6.07) is 10.2. The Kier molecular flexibility index (Phi) is 6.04. The SMILES string of the molecule is CCN1CCC(C(=O)N[C@@H](c2cccnc2)c2cc(C)ccc2C)CC1. The molecular weight excluding hydrogens is 322 g/mol. The molecule has 1 aromatic heterocycles. The number of carbonyl (C=O) groups excluding carboxylic acids is 1. The van der Waals surface area contributed by atoms with Crippen LogP contribution in [0.2, 0.25) is 0 Å². The van der Waals surface area contributed by atoms with Crippen LogP contribution >= 0.6 is 0 Å². The molecule has 0 spiro atoms. The number of likely N-dealkylation sites (tertiary alicyclic amines) is 1. The molecule has 0 radical (unpaired) electrons. The van der Waals surface area contributed by atoms with Gasteiger partial charge in [-0.2, -0.15) is 0 Å². The fraction of sp³-hybridized carbons (Fsp3) is 0.455. The van der Waals surface area contributed by atoms with E-state index in [1.54, 1.807) is 6.20 Å². The Morgan fingerprint density at radius 1 is 1.27 bits per heavy atom. The first-order chi connectivity index (χ1) is 12.6. The van der Waals surface area contributed by atoms with E-state index in [0.29, 0.717) is 0 Å². The van der Waals surface area contributed by atoms with E-state index in [2.05, 4.69) is 54.2 Å². The van der Waals surface area contributed by atoms with Crippen molar-refractivity contribution in [1.82, 2.24) is 15.2 Å². The second kappa shape index (κ2) is 8.45. The molecular formula is C22H29N3O. The Labute approximate surface area is 156 Å². The molecule has 1 atom stereocenters. The molecule has 0 aliphatic carbocycles. The number of rotatable bonds is 5. The van der Waals surface area contributed by atoms with Crippen LogP contribution in [0.3, 0.4) is 0 Å². The molecule has 1 aromatic carbocycles. The lowest BCUT2D eigenvalue weighted by atomic mass is 9.91. The minimum Gasteiger partial charge on any atom is -0.345 e. The molecule has 1 N–H and O–H groups in total. The van der Waals surface area contributed by atoms with Gasteiger partial charge in [-0.15, -0.1) is 0 Å². The standard InChI is InChI=1S/C22H29N3O/c1-4-25-12-9-18(10-13-25)22(26)24-21(19-6-5-11-23-15-19)20-14-16(2)7-8-17(20)3/h5-8,11,14-15,18,21H,4,9-10,12-13H2,1-3H3,(H,24,26)/t21-/m0/s1. The third kappa shape index (κ3) is 4.31. The Hall–Kier alpha value is -2.20. The molecule has 1 saturated heterocycles. The van der Waals surface area contributed by atoms with Crippen molar-refractivity contribution in [2.75, 3.05) is 19.6 Å². The lowest BCUT2D eigenvalue weighted by molar-refractivity contribution is -0.126. The van der Waals surface area contributed by atoms with Crippen LogP contribution in [-0.4, -0.2) is 35.4 Å². The van der Waals surface area contributed by atoms with E-state index in [4.69, 9.17) is 0 Å². The second-order valence-electron chi connectivity index (χ2n) is 7.30. The van der Waals surface area contributed by atoms with E-state index < -0.39 is 0 Å². The van der Waals surface area contributed by atoms with Crippen molar-refractivity contribution in [1.29, 1.82) is 0 Å². The molecule has 138 valence electrons. The number of amides is 1. The zero-order valence-electron chi connectivity index (χ0n) is 16.0. The van der Waals surface area contributed by atoms with Crippen LogP contribution in [0.25, 0.3) is 0 Å². The van der Waals surface area contributed by atoms with E-state index in [0.717, 1.165) is 43.6 Å². The summed E-state index contributed by atoms with van der Waals surface area (Å²) >= 11 is 0. The first-order valence-corrected chi connectivity index (χ1v) is 9.58. The Balaban J connectivity index is 1.83. The molecule has 0 bridgehead atoms. The van der Waals surface area contributed by atoms with Crippen LogP contribution in [0, 0.1) is 19.8 Å². The highest BCUT2D eigenvalue weighted by Crippen LogP contribution is 2.27. The Bertz CT molecular complexity index is 736. The van der Waals surface area contributed by atoms with Gasteiger partial charge in [0.15, 0.2) is 0 Å². The average molecular weight is 351 g/mol. The number of carbonyl (C=O) groups is 1. The normalized spacial score (nSPS) is 17.0. The van der Waals surface area contributed by atoms with Gasteiger partial charge in [0.05, 0.1) is 6.04 Å². The molecule has 1 fully saturated rings. The molecule has 2 heterocycles. The summed E-state index contributed by atoms with van der Waals surface area (Å²) in [7, 11) is 0. The third-order valence-electron chi connectivity index (χ3n) is 5.46. The summed E-state index contributed by atoms with van der Waals surface area (Å²) < 4.78 is 0. The number of nitrogens with one attached hydrogen (secondary N) is 1. The van der Waals surface area contributed by atoms with Crippen LogP contribution in [0.15, 0.2) is 42.7 Å². The molecule has 1 aliphatic rings. The van der Waals surface area contributed by atoms with E-state index in [-0.39, 0.29) is 17.9 Å². The van der Waals surface area contributed by atoms with Crippen LogP contribution in [-0.2, 0) is 4.79 Å². The van der Waals surface area contributed by atoms with Crippen molar-refractivity contribution in [3.05, 3.63) is 65.0 Å². The second-order valence-corrected chi connectivity index (χ2v) is 7.30. The molecule has 0 unspecified atom stereocenters. The zero-order chi connectivity index (χ0) is 18.5. The summed E-state index contributed by atoms with van der Waals surface area (Å²) in [5.41, 5.74) is 4.56. The van der Waals surface area contributed by atoms with E-state index in [1.807, 2.05) is 18.3 Å². The number of benzene rings is 1. The summed E-state index contributed by atoms with van der Waals surface area (Å²) in [6.45, 7) is 9.45. The van der Waals surface area contributed by atoms with Gasteiger partial charge in [-0.25, -0.2) is 0 Å². The molecule has 3 rings (SSSR count). The highest BCUT2D eigenvalue weighted by molar-refractivity contribution is 5.79. The number of hydrogen-bond donors (Lipinski definition) is 1. The van der Waals surface area contributed by atoms with Crippen LogP contribution in [0.4, 0.5) is 0 Å². The molecule has 0 saturated carbocycles. The van der Waals surface area contributed by atoms with Crippen LogP contribution < -0.4 is 5.32 Å². The number of aromatic nitrogens is 1. The summed E-state index contributed by atoms with van der Waals surface area (Å²) in [5.74, 6) is 0.262. The number of hydrogen-bond acceptors (Lipinski definition) is 3. The number of pyridine rings is 1. The zero-order valence-corrected chi connectivity index (χ0v) is 16.0. The fourth-order valence-electron chi connectivity index (χ4n) is 3.73. The average Bonchev–Trinajstić information content (AvgIpc) is 2.68. The van der Waals surface area contributed by atoms with E-state index in [9.17, 15) is 4.79 Å². The largest absolute Gasteiger partial charge is 0.345 e. The van der Waals surface area contributed by atoms with Crippen molar-refractivity contribution in [3.8, 4) is 0 Å². The first-order valence-electron chi connectivity index (χ1n) is 9.58.